The number of carbonyl (C=O) groups is 1. The summed E-state index contributed by atoms with van der Waals surface area (Å²) < 4.78 is 0. The molecule has 0 aromatic heterocycles. The van der Waals surface area contributed by atoms with Gasteiger partial charge in [0.1, 0.15) is 5.54 Å². The first-order valence-corrected chi connectivity index (χ1v) is 6.72. The number of nitrogens with two attached hydrogens (primary N) is 1. The molecule has 4 heteroatoms. The Hall–Kier alpha value is -1.39. The van der Waals surface area contributed by atoms with Gasteiger partial charge in [-0.05, 0) is 33.0 Å². The van der Waals surface area contributed by atoms with Crippen LogP contribution in [0.2, 0.25) is 0 Å². The van der Waals surface area contributed by atoms with Crippen LogP contribution in [0.15, 0.2) is 30.3 Å². The summed E-state index contributed by atoms with van der Waals surface area (Å²) in [6, 6.07) is 10.1. The molecule has 0 spiro atoms. The summed E-state index contributed by atoms with van der Waals surface area (Å²) in [7, 11) is 3.80. The van der Waals surface area contributed by atoms with Crippen LogP contribution >= 0.6 is 0 Å². The van der Waals surface area contributed by atoms with Gasteiger partial charge in [-0.2, -0.15) is 0 Å². The van der Waals surface area contributed by atoms with Gasteiger partial charge in [-0.3, -0.25) is 4.79 Å². The Bertz CT molecular complexity index is 407. The van der Waals surface area contributed by atoms with Crippen molar-refractivity contribution in [3.05, 3.63) is 35.9 Å². The summed E-state index contributed by atoms with van der Waals surface area (Å²) in [4.78, 5) is 14.2. The van der Waals surface area contributed by atoms with Crippen molar-refractivity contribution in [1.82, 2.24) is 10.2 Å². The highest BCUT2D eigenvalue weighted by Crippen LogP contribution is 2.22. The highest BCUT2D eigenvalue weighted by Gasteiger charge is 2.38. The molecular formula is C15H25N3O. The Morgan fingerprint density at radius 2 is 2.00 bits per heavy atom. The fourth-order valence-electron chi connectivity index (χ4n) is 2.22. The first-order valence-electron chi connectivity index (χ1n) is 6.72. The molecule has 0 saturated carbocycles. The third kappa shape index (κ3) is 3.33. The second-order valence-corrected chi connectivity index (χ2v) is 5.06. The number of primary amides is 1. The van der Waals surface area contributed by atoms with E-state index in [2.05, 4.69) is 24.1 Å². The monoisotopic (exact) mass is 263 g/mol. The largest absolute Gasteiger partial charge is 0.368 e. The van der Waals surface area contributed by atoms with Gasteiger partial charge < -0.3 is 16.0 Å². The molecule has 0 saturated heterocycles. The molecule has 1 amide bonds. The average Bonchev–Trinajstić information content (AvgIpc) is 2.44. The second-order valence-electron chi connectivity index (χ2n) is 5.06. The maximum atomic E-state index is 12.0. The minimum atomic E-state index is -0.848. The highest BCUT2D eigenvalue weighted by molar-refractivity contribution is 5.86. The topological polar surface area (TPSA) is 58.4 Å². The van der Waals surface area contributed by atoms with Gasteiger partial charge in [0.25, 0.3) is 0 Å². The van der Waals surface area contributed by atoms with E-state index >= 15 is 0 Å². The van der Waals surface area contributed by atoms with Gasteiger partial charge >= 0.3 is 0 Å². The quantitative estimate of drug-likeness (QED) is 0.780. The predicted molar refractivity (Wildman–Crippen MR) is 78.8 cm³/mol. The zero-order valence-corrected chi connectivity index (χ0v) is 12.3. The molecule has 106 valence electrons. The first kappa shape index (κ1) is 15.7. The van der Waals surface area contributed by atoms with E-state index in [0.29, 0.717) is 12.6 Å². The summed E-state index contributed by atoms with van der Waals surface area (Å²) >= 11 is 0. The summed E-state index contributed by atoms with van der Waals surface area (Å²) in [5.74, 6) is -0.351. The van der Waals surface area contributed by atoms with Crippen LogP contribution in [0.1, 0.15) is 25.8 Å². The van der Waals surface area contributed by atoms with E-state index < -0.39 is 5.54 Å². The summed E-state index contributed by atoms with van der Waals surface area (Å²) in [6.07, 6.45) is 1.03. The molecule has 0 aliphatic heterocycles. The Balaban J connectivity index is 3.11. The lowest BCUT2D eigenvalue weighted by atomic mass is 9.88. The van der Waals surface area contributed by atoms with Crippen molar-refractivity contribution in [2.24, 2.45) is 5.73 Å². The smallest absolute Gasteiger partial charge is 0.243 e. The lowest BCUT2D eigenvalue weighted by molar-refractivity contribution is -0.125. The van der Waals surface area contributed by atoms with E-state index in [1.807, 2.05) is 37.4 Å². The molecule has 1 aromatic carbocycles. The van der Waals surface area contributed by atoms with Crippen LogP contribution in [0.4, 0.5) is 0 Å². The van der Waals surface area contributed by atoms with Gasteiger partial charge in [0, 0.05) is 12.6 Å². The van der Waals surface area contributed by atoms with Crippen molar-refractivity contribution >= 4 is 5.91 Å². The van der Waals surface area contributed by atoms with Crippen molar-refractivity contribution in [3.8, 4) is 0 Å². The molecule has 4 nitrogen and oxygen atoms in total. The summed E-state index contributed by atoms with van der Waals surface area (Å²) in [5, 5.41) is 3.12. The van der Waals surface area contributed by atoms with Crippen LogP contribution in [0.5, 0.6) is 0 Å². The number of rotatable bonds is 7. The molecule has 2 unspecified atom stereocenters. The van der Waals surface area contributed by atoms with Gasteiger partial charge in [0.05, 0.1) is 0 Å². The van der Waals surface area contributed by atoms with Crippen LogP contribution in [-0.2, 0) is 10.3 Å². The maximum absolute atomic E-state index is 12.0. The lowest BCUT2D eigenvalue weighted by Gasteiger charge is -2.37. The molecule has 0 aliphatic rings. The maximum Gasteiger partial charge on any atom is 0.243 e. The molecule has 2 atom stereocenters. The van der Waals surface area contributed by atoms with Crippen LogP contribution in [0.25, 0.3) is 0 Å². The van der Waals surface area contributed by atoms with E-state index in [0.717, 1.165) is 12.0 Å². The number of carbonyl (C=O) groups excluding carboxylic acids is 1. The summed E-state index contributed by atoms with van der Waals surface area (Å²) in [5.41, 5.74) is 5.73. The standard InChI is InChI=1S/C15H25N3O/c1-5-12(2)18(4)11-15(17-3,14(16)19)13-9-7-6-8-10-13/h6-10,12,17H,5,11H2,1-4H3,(H2,16,19). The SMILES string of the molecule is CCC(C)N(C)CC(NC)(C(N)=O)c1ccccc1. The number of nitrogens with zero attached hydrogens (tertiary/aromatic N) is 1. The number of hydrogen-bond acceptors (Lipinski definition) is 3. The van der Waals surface area contributed by atoms with Crippen molar-refractivity contribution in [3.63, 3.8) is 0 Å². The van der Waals surface area contributed by atoms with Crippen LogP contribution in [-0.4, -0.2) is 37.5 Å². The predicted octanol–water partition coefficient (Wildman–Crippen LogP) is 1.32. The molecule has 0 radical (unpaired) electrons. The second kappa shape index (κ2) is 6.68. The minimum absolute atomic E-state index is 0.351. The van der Waals surface area contributed by atoms with Crippen molar-refractivity contribution < 1.29 is 4.79 Å². The van der Waals surface area contributed by atoms with Crippen LogP contribution in [0, 0.1) is 0 Å². The molecule has 0 bridgehead atoms. The van der Waals surface area contributed by atoms with Gasteiger partial charge in [-0.1, -0.05) is 37.3 Å². The third-order valence-electron chi connectivity index (χ3n) is 3.94. The number of hydrogen-bond donors (Lipinski definition) is 2. The third-order valence-corrected chi connectivity index (χ3v) is 3.94. The number of likely N-dealkylation sites (N-methyl/N-ethyl adjacent to an activating group) is 2. The number of benzene rings is 1. The van der Waals surface area contributed by atoms with Crippen molar-refractivity contribution in [2.45, 2.75) is 31.8 Å². The van der Waals surface area contributed by atoms with Crippen molar-refractivity contribution in [1.29, 1.82) is 0 Å². The Kier molecular flexibility index (Phi) is 5.51. The molecule has 19 heavy (non-hydrogen) atoms. The lowest BCUT2D eigenvalue weighted by Crippen LogP contribution is -2.58. The fraction of sp³-hybridized carbons (Fsp3) is 0.533. The van der Waals surface area contributed by atoms with E-state index in [9.17, 15) is 4.79 Å². The first-order chi connectivity index (χ1) is 8.97. The van der Waals surface area contributed by atoms with E-state index in [-0.39, 0.29) is 5.91 Å². The fourth-order valence-corrected chi connectivity index (χ4v) is 2.22. The van der Waals surface area contributed by atoms with Gasteiger partial charge in [-0.25, -0.2) is 0 Å². The molecule has 0 fully saturated rings. The van der Waals surface area contributed by atoms with Gasteiger partial charge in [0.15, 0.2) is 0 Å². The van der Waals surface area contributed by atoms with E-state index in [1.54, 1.807) is 7.05 Å². The van der Waals surface area contributed by atoms with Crippen molar-refractivity contribution in [2.75, 3.05) is 20.6 Å². The Morgan fingerprint density at radius 3 is 2.42 bits per heavy atom. The van der Waals surface area contributed by atoms with E-state index in [4.69, 9.17) is 5.73 Å². The number of amides is 1. The molecule has 1 rings (SSSR count). The molecule has 1 aromatic rings. The van der Waals surface area contributed by atoms with Crippen LogP contribution in [0.3, 0.4) is 0 Å². The van der Waals surface area contributed by atoms with Gasteiger partial charge in [-0.15, -0.1) is 0 Å². The zero-order chi connectivity index (χ0) is 14.5. The summed E-state index contributed by atoms with van der Waals surface area (Å²) in [6.45, 7) is 4.83. The Labute approximate surface area is 116 Å². The molecular weight excluding hydrogens is 238 g/mol. The Morgan fingerprint density at radius 1 is 1.42 bits per heavy atom. The molecule has 0 heterocycles. The average molecular weight is 263 g/mol. The number of nitrogens with one attached hydrogen (secondary N) is 1. The molecule has 0 aliphatic carbocycles. The van der Waals surface area contributed by atoms with E-state index in [1.165, 1.54) is 0 Å². The van der Waals surface area contributed by atoms with Crippen LogP contribution < -0.4 is 11.1 Å². The zero-order valence-electron chi connectivity index (χ0n) is 12.3. The van der Waals surface area contributed by atoms with Gasteiger partial charge in [0.2, 0.25) is 5.91 Å². The highest BCUT2D eigenvalue weighted by atomic mass is 16.1. The normalized spacial score (nSPS) is 16.1. The molecule has 3 N–H and O–H groups in total. The minimum Gasteiger partial charge on any atom is -0.368 e.